The van der Waals surface area contributed by atoms with Crippen LogP contribution in [0, 0.1) is 5.82 Å². The van der Waals surface area contributed by atoms with Crippen LogP contribution in [0.25, 0.3) is 0 Å². The topological polar surface area (TPSA) is 66.6 Å². The molecule has 0 aromatic heterocycles. The van der Waals surface area contributed by atoms with Gasteiger partial charge in [-0.05, 0) is 25.1 Å². The van der Waals surface area contributed by atoms with Gasteiger partial charge in [-0.15, -0.1) is 0 Å². The first kappa shape index (κ1) is 10.5. The summed E-state index contributed by atoms with van der Waals surface area (Å²) in [6.07, 6.45) is 0. The number of benzene rings is 1. The molecular weight excluding hydrogens is 187 g/mol. The van der Waals surface area contributed by atoms with E-state index in [-0.39, 0.29) is 17.8 Å². The number of carbonyl (C=O) groups excluding carboxylic acids is 1. The molecule has 14 heavy (non-hydrogen) atoms. The summed E-state index contributed by atoms with van der Waals surface area (Å²) in [5, 5.41) is 9.58. The molecule has 0 spiro atoms. The van der Waals surface area contributed by atoms with Crippen molar-refractivity contribution in [3.05, 3.63) is 29.6 Å². The zero-order valence-corrected chi connectivity index (χ0v) is 7.70. The third kappa shape index (κ3) is 2.00. The number of nitrogens with two attached hydrogens (primary N) is 1. The molecule has 1 amide bonds. The smallest absolute Gasteiger partial charge is 0.279 e. The second-order valence-electron chi connectivity index (χ2n) is 2.75. The quantitative estimate of drug-likeness (QED) is 0.427. The molecule has 1 aromatic rings. The lowest BCUT2D eigenvalue weighted by atomic mass is 10.1. The monoisotopic (exact) mass is 198 g/mol. The minimum absolute atomic E-state index is 0.0330. The first-order valence-corrected chi connectivity index (χ1v) is 4.12. The van der Waals surface area contributed by atoms with E-state index in [0.717, 1.165) is 12.1 Å². The van der Waals surface area contributed by atoms with Crippen LogP contribution in [0.1, 0.15) is 17.3 Å². The second kappa shape index (κ2) is 4.06. The minimum Gasteiger partial charge on any atom is -0.398 e. The zero-order chi connectivity index (χ0) is 10.7. The summed E-state index contributed by atoms with van der Waals surface area (Å²) in [4.78, 5) is 11.4. The van der Waals surface area contributed by atoms with Crippen molar-refractivity contribution in [2.24, 2.45) is 0 Å². The van der Waals surface area contributed by atoms with Crippen LogP contribution < -0.4 is 5.73 Å². The summed E-state index contributed by atoms with van der Waals surface area (Å²) in [7, 11) is 0. The number of amides is 1. The van der Waals surface area contributed by atoms with Crippen molar-refractivity contribution in [2.45, 2.75) is 6.92 Å². The SMILES string of the molecule is CCN(O)C(=O)c1cc(F)ccc1N. The van der Waals surface area contributed by atoms with E-state index in [2.05, 4.69) is 0 Å². The van der Waals surface area contributed by atoms with Crippen LogP contribution >= 0.6 is 0 Å². The molecule has 1 aromatic carbocycles. The Morgan fingerprint density at radius 2 is 2.29 bits per heavy atom. The molecule has 0 heterocycles. The molecule has 76 valence electrons. The van der Waals surface area contributed by atoms with Gasteiger partial charge in [0.2, 0.25) is 0 Å². The van der Waals surface area contributed by atoms with E-state index in [0.29, 0.717) is 5.06 Å². The molecule has 0 bridgehead atoms. The molecule has 4 nitrogen and oxygen atoms in total. The average molecular weight is 198 g/mol. The fourth-order valence-electron chi connectivity index (χ4n) is 0.996. The third-order valence-electron chi connectivity index (χ3n) is 1.78. The van der Waals surface area contributed by atoms with Crippen molar-refractivity contribution < 1.29 is 14.4 Å². The largest absolute Gasteiger partial charge is 0.398 e. The van der Waals surface area contributed by atoms with Gasteiger partial charge in [0.05, 0.1) is 5.56 Å². The maximum atomic E-state index is 12.8. The number of rotatable bonds is 2. The Morgan fingerprint density at radius 3 is 2.86 bits per heavy atom. The minimum atomic E-state index is -0.704. The van der Waals surface area contributed by atoms with E-state index < -0.39 is 11.7 Å². The summed E-state index contributed by atoms with van der Waals surface area (Å²) < 4.78 is 12.8. The van der Waals surface area contributed by atoms with E-state index in [4.69, 9.17) is 10.9 Å². The summed E-state index contributed by atoms with van der Waals surface area (Å²) in [5.41, 5.74) is 5.57. The highest BCUT2D eigenvalue weighted by molar-refractivity contribution is 5.98. The number of anilines is 1. The number of carbonyl (C=O) groups is 1. The molecule has 0 atom stereocenters. The van der Waals surface area contributed by atoms with Crippen molar-refractivity contribution >= 4 is 11.6 Å². The molecule has 0 fully saturated rings. The molecule has 0 aliphatic rings. The standard InChI is InChI=1S/C9H11FN2O2/c1-2-12(14)9(13)7-5-6(10)3-4-8(7)11/h3-5,14H,2,11H2,1H3. The van der Waals surface area contributed by atoms with E-state index in [1.54, 1.807) is 6.92 Å². The van der Waals surface area contributed by atoms with Gasteiger partial charge in [0.15, 0.2) is 0 Å². The van der Waals surface area contributed by atoms with Crippen molar-refractivity contribution in [3.8, 4) is 0 Å². The lowest BCUT2D eigenvalue weighted by molar-refractivity contribution is -0.0541. The van der Waals surface area contributed by atoms with Gasteiger partial charge in [0, 0.05) is 12.2 Å². The number of hydroxylamine groups is 2. The first-order chi connectivity index (χ1) is 6.56. The summed E-state index contributed by atoms with van der Waals surface area (Å²) in [5.74, 6) is -1.27. The predicted molar refractivity (Wildman–Crippen MR) is 49.3 cm³/mol. The lowest BCUT2D eigenvalue weighted by Crippen LogP contribution is -2.27. The van der Waals surface area contributed by atoms with Gasteiger partial charge in [0.25, 0.3) is 5.91 Å². The Hall–Kier alpha value is -1.62. The van der Waals surface area contributed by atoms with E-state index in [1.165, 1.54) is 6.07 Å². The molecule has 0 saturated heterocycles. The highest BCUT2D eigenvalue weighted by Gasteiger charge is 2.15. The number of nitrogens with zero attached hydrogens (tertiary/aromatic N) is 1. The van der Waals surface area contributed by atoms with Crippen molar-refractivity contribution in [1.29, 1.82) is 0 Å². The molecule has 0 aliphatic carbocycles. The molecule has 0 saturated carbocycles. The Balaban J connectivity index is 3.06. The van der Waals surface area contributed by atoms with Crippen LogP contribution in [-0.2, 0) is 0 Å². The van der Waals surface area contributed by atoms with E-state index in [1.807, 2.05) is 0 Å². The highest BCUT2D eigenvalue weighted by Crippen LogP contribution is 2.14. The Bertz CT molecular complexity index is 355. The highest BCUT2D eigenvalue weighted by atomic mass is 19.1. The van der Waals surface area contributed by atoms with Gasteiger partial charge in [-0.3, -0.25) is 10.0 Å². The maximum Gasteiger partial charge on any atom is 0.279 e. The Morgan fingerprint density at radius 1 is 1.64 bits per heavy atom. The molecule has 5 heteroatoms. The van der Waals surface area contributed by atoms with E-state index in [9.17, 15) is 9.18 Å². The van der Waals surface area contributed by atoms with Crippen LogP contribution in [-0.4, -0.2) is 22.7 Å². The number of halogens is 1. The Labute approximate surface area is 80.7 Å². The molecular formula is C9H11FN2O2. The Kier molecular flexibility index (Phi) is 3.03. The lowest BCUT2D eigenvalue weighted by Gasteiger charge is -2.13. The number of nitrogen functional groups attached to an aromatic ring is 1. The van der Waals surface area contributed by atoms with Gasteiger partial charge < -0.3 is 5.73 Å². The van der Waals surface area contributed by atoms with Crippen molar-refractivity contribution in [1.82, 2.24) is 5.06 Å². The molecule has 0 aliphatic heterocycles. The fraction of sp³-hybridized carbons (Fsp3) is 0.222. The third-order valence-corrected chi connectivity index (χ3v) is 1.78. The van der Waals surface area contributed by atoms with Crippen LogP contribution in [0.15, 0.2) is 18.2 Å². The fourth-order valence-corrected chi connectivity index (χ4v) is 0.996. The van der Waals surface area contributed by atoms with Gasteiger partial charge >= 0.3 is 0 Å². The van der Waals surface area contributed by atoms with Crippen LogP contribution in [0.3, 0.4) is 0 Å². The van der Waals surface area contributed by atoms with Gasteiger partial charge in [0.1, 0.15) is 5.82 Å². The van der Waals surface area contributed by atoms with Crippen LogP contribution in [0.5, 0.6) is 0 Å². The molecule has 0 unspecified atom stereocenters. The van der Waals surface area contributed by atoms with E-state index >= 15 is 0 Å². The zero-order valence-electron chi connectivity index (χ0n) is 7.70. The molecule has 1 rings (SSSR count). The normalized spacial score (nSPS) is 9.93. The van der Waals surface area contributed by atoms with Gasteiger partial charge in [-0.1, -0.05) is 0 Å². The number of hydrogen-bond donors (Lipinski definition) is 2. The van der Waals surface area contributed by atoms with Gasteiger partial charge in [-0.2, -0.15) is 0 Å². The van der Waals surface area contributed by atoms with Crippen LogP contribution in [0.2, 0.25) is 0 Å². The van der Waals surface area contributed by atoms with Crippen LogP contribution in [0.4, 0.5) is 10.1 Å². The second-order valence-corrected chi connectivity index (χ2v) is 2.75. The maximum absolute atomic E-state index is 12.8. The summed E-state index contributed by atoms with van der Waals surface area (Å²) in [6, 6.07) is 3.43. The molecule has 0 radical (unpaired) electrons. The molecule has 3 N–H and O–H groups in total. The van der Waals surface area contributed by atoms with Crippen molar-refractivity contribution in [3.63, 3.8) is 0 Å². The van der Waals surface area contributed by atoms with Gasteiger partial charge in [-0.25, -0.2) is 9.45 Å². The van der Waals surface area contributed by atoms with Crippen molar-refractivity contribution in [2.75, 3.05) is 12.3 Å². The summed E-state index contributed by atoms with van der Waals surface area (Å²) in [6.45, 7) is 1.71. The number of hydrogen-bond acceptors (Lipinski definition) is 3. The predicted octanol–water partition coefficient (Wildman–Crippen LogP) is 1.26. The summed E-state index contributed by atoms with van der Waals surface area (Å²) >= 11 is 0. The average Bonchev–Trinajstić information content (AvgIpc) is 2.19. The first-order valence-electron chi connectivity index (χ1n) is 4.12.